The largest absolute Gasteiger partial charge is 0.493 e. The van der Waals surface area contributed by atoms with Gasteiger partial charge in [0.2, 0.25) is 0 Å². The standard InChI is InChI=1S/C27H29NO5.C20H25NO4/c1-18-13-23(29)14-19(2)28(18)16-26(33-27(30)21-7-5-4-6-8-21)22-11-12-24(31-3)25(15-22)32-17-20-9-10-20;1-13-8-17(22)9-14(2)21(13)11-18(23)16-6-7-19(24-3)20(10-16)25-12-15-4-5-15/h4-8,11-15,20,26H,9-10,16-17H2,1-3H3;6-10,15,18,23H,4-5,11-12H2,1-3H3. The first kappa shape index (κ1) is 41.8. The van der Waals surface area contributed by atoms with Crippen molar-refractivity contribution in [3.05, 3.63) is 151 Å². The van der Waals surface area contributed by atoms with Gasteiger partial charge in [-0.3, -0.25) is 9.59 Å². The Hall–Kier alpha value is -5.81. The van der Waals surface area contributed by atoms with Crippen molar-refractivity contribution in [2.75, 3.05) is 27.4 Å². The van der Waals surface area contributed by atoms with Gasteiger partial charge in [-0.15, -0.1) is 0 Å². The van der Waals surface area contributed by atoms with E-state index in [1.165, 1.54) is 25.7 Å². The molecule has 0 aliphatic heterocycles. The molecular formula is C47H54N2O9. The summed E-state index contributed by atoms with van der Waals surface area (Å²) in [4.78, 5) is 36.4. The molecule has 0 bridgehead atoms. The average Bonchev–Trinajstić information content (AvgIpc) is 4.15. The number of nitrogens with zero attached hydrogens (tertiary/aromatic N) is 2. The number of carbonyl (C=O) groups excluding carboxylic acids is 1. The average molecular weight is 791 g/mol. The summed E-state index contributed by atoms with van der Waals surface area (Å²) in [5.41, 5.74) is 5.27. The molecular weight excluding hydrogens is 737 g/mol. The monoisotopic (exact) mass is 790 g/mol. The molecule has 2 heterocycles. The van der Waals surface area contributed by atoms with E-state index >= 15 is 0 Å². The van der Waals surface area contributed by atoms with Crippen LogP contribution in [0.25, 0.3) is 0 Å². The van der Waals surface area contributed by atoms with Crippen molar-refractivity contribution in [2.24, 2.45) is 11.8 Å². The smallest absolute Gasteiger partial charge is 0.338 e. The number of benzene rings is 3. The predicted octanol–water partition coefficient (Wildman–Crippen LogP) is 7.86. The molecule has 2 unspecified atom stereocenters. The van der Waals surface area contributed by atoms with Gasteiger partial charge in [-0.05, 0) is 113 Å². The Labute approximate surface area is 339 Å². The Balaban J connectivity index is 0.000000203. The highest BCUT2D eigenvalue weighted by Gasteiger charge is 2.26. The van der Waals surface area contributed by atoms with Gasteiger partial charge in [0.25, 0.3) is 0 Å². The second-order valence-corrected chi connectivity index (χ2v) is 15.3. The molecule has 0 saturated heterocycles. The highest BCUT2D eigenvalue weighted by atomic mass is 16.5. The van der Waals surface area contributed by atoms with Crippen LogP contribution in [0.3, 0.4) is 0 Å². The quantitative estimate of drug-likeness (QED) is 0.0995. The summed E-state index contributed by atoms with van der Waals surface area (Å²) < 4.78 is 32.7. The third-order valence-electron chi connectivity index (χ3n) is 10.5. The molecule has 2 aliphatic carbocycles. The normalized spacial score (nSPS) is 14.4. The van der Waals surface area contributed by atoms with E-state index in [1.807, 2.05) is 79.3 Å². The SMILES string of the molecule is COc1ccc(C(Cn2c(C)cc(=O)cc2C)OC(=O)c2ccccc2)cc1OCC1CC1.COc1ccc(C(O)Cn2c(C)cc(=O)cc2C)cc1OCC1CC1. The molecule has 2 aromatic heterocycles. The van der Waals surface area contributed by atoms with Crippen LogP contribution in [0, 0.1) is 39.5 Å². The van der Waals surface area contributed by atoms with E-state index in [0.29, 0.717) is 66.7 Å². The number of rotatable bonds is 16. The minimum absolute atomic E-state index is 0.0130. The van der Waals surface area contributed by atoms with Crippen molar-refractivity contribution in [3.8, 4) is 23.0 Å². The molecule has 0 spiro atoms. The molecule has 11 heteroatoms. The fourth-order valence-corrected chi connectivity index (χ4v) is 6.78. The minimum Gasteiger partial charge on any atom is -0.493 e. The Morgan fingerprint density at radius 2 is 1.07 bits per heavy atom. The van der Waals surface area contributed by atoms with Gasteiger partial charge in [-0.1, -0.05) is 30.3 Å². The molecule has 58 heavy (non-hydrogen) atoms. The maximum atomic E-state index is 12.9. The van der Waals surface area contributed by atoms with E-state index in [1.54, 1.807) is 62.8 Å². The number of aliphatic hydroxyl groups excluding tert-OH is 1. The second kappa shape index (κ2) is 19.1. The number of ether oxygens (including phenoxy) is 5. The van der Waals surface area contributed by atoms with Crippen LogP contribution >= 0.6 is 0 Å². The van der Waals surface area contributed by atoms with Crippen LogP contribution in [0.4, 0.5) is 0 Å². The number of methoxy groups -OCH3 is 2. The summed E-state index contributed by atoms with van der Waals surface area (Å²) in [6.45, 7) is 9.58. The van der Waals surface area contributed by atoms with Gasteiger partial charge < -0.3 is 37.9 Å². The predicted molar refractivity (Wildman–Crippen MR) is 222 cm³/mol. The number of aromatic nitrogens is 2. The molecule has 11 nitrogen and oxygen atoms in total. The van der Waals surface area contributed by atoms with Gasteiger partial charge in [0.15, 0.2) is 33.9 Å². The van der Waals surface area contributed by atoms with Crippen molar-refractivity contribution in [1.82, 2.24) is 9.13 Å². The van der Waals surface area contributed by atoms with E-state index in [9.17, 15) is 19.5 Å². The van der Waals surface area contributed by atoms with Crippen molar-refractivity contribution in [1.29, 1.82) is 0 Å². The lowest BCUT2D eigenvalue weighted by molar-refractivity contribution is 0.0251. The lowest BCUT2D eigenvalue weighted by Crippen LogP contribution is -2.21. The number of esters is 1. The molecule has 2 atom stereocenters. The number of hydrogen-bond acceptors (Lipinski definition) is 9. The van der Waals surface area contributed by atoms with Gasteiger partial charge in [-0.25, -0.2) is 4.79 Å². The zero-order valence-electron chi connectivity index (χ0n) is 34.2. The van der Waals surface area contributed by atoms with Gasteiger partial charge in [0.05, 0.1) is 52.2 Å². The molecule has 0 radical (unpaired) electrons. The first-order valence-corrected chi connectivity index (χ1v) is 19.8. The van der Waals surface area contributed by atoms with Gasteiger partial charge in [0.1, 0.15) is 6.10 Å². The van der Waals surface area contributed by atoms with Crippen molar-refractivity contribution in [3.63, 3.8) is 0 Å². The number of aliphatic hydroxyl groups is 1. The lowest BCUT2D eigenvalue weighted by Gasteiger charge is -2.24. The van der Waals surface area contributed by atoms with Crippen LogP contribution in [-0.4, -0.2) is 47.6 Å². The number of carbonyl (C=O) groups is 1. The molecule has 2 aliphatic rings. The van der Waals surface area contributed by atoms with Gasteiger partial charge >= 0.3 is 5.97 Å². The molecule has 3 aromatic carbocycles. The van der Waals surface area contributed by atoms with Crippen molar-refractivity contribution < 1.29 is 33.6 Å². The maximum Gasteiger partial charge on any atom is 0.338 e. The third kappa shape index (κ3) is 11.2. The van der Waals surface area contributed by atoms with Gasteiger partial charge in [0, 0.05) is 47.0 Å². The maximum absolute atomic E-state index is 12.9. The van der Waals surface area contributed by atoms with E-state index in [-0.39, 0.29) is 10.9 Å². The Bertz CT molecular complexity index is 2260. The van der Waals surface area contributed by atoms with Crippen LogP contribution in [0.15, 0.2) is 101 Å². The molecule has 1 N–H and O–H groups in total. The van der Waals surface area contributed by atoms with Crippen molar-refractivity contribution in [2.45, 2.75) is 78.7 Å². The van der Waals surface area contributed by atoms with Gasteiger partial charge in [-0.2, -0.15) is 0 Å². The van der Waals surface area contributed by atoms with E-state index in [4.69, 9.17) is 23.7 Å². The lowest BCUT2D eigenvalue weighted by atomic mass is 10.1. The van der Waals surface area contributed by atoms with Crippen LogP contribution < -0.4 is 29.8 Å². The van der Waals surface area contributed by atoms with Crippen LogP contribution in [0.1, 0.15) is 82.2 Å². The van der Waals surface area contributed by atoms with Crippen LogP contribution in [-0.2, 0) is 17.8 Å². The first-order valence-electron chi connectivity index (χ1n) is 19.8. The Morgan fingerprint density at radius 1 is 0.621 bits per heavy atom. The zero-order valence-corrected chi connectivity index (χ0v) is 34.2. The second-order valence-electron chi connectivity index (χ2n) is 15.3. The van der Waals surface area contributed by atoms with Crippen LogP contribution in [0.2, 0.25) is 0 Å². The number of pyridine rings is 2. The Morgan fingerprint density at radius 3 is 1.53 bits per heavy atom. The fourth-order valence-electron chi connectivity index (χ4n) is 6.78. The summed E-state index contributed by atoms with van der Waals surface area (Å²) in [7, 11) is 3.22. The molecule has 2 saturated carbocycles. The van der Waals surface area contributed by atoms with Crippen LogP contribution in [0.5, 0.6) is 23.0 Å². The number of hydrogen-bond donors (Lipinski definition) is 1. The first-order chi connectivity index (χ1) is 27.9. The summed E-state index contributed by atoms with van der Waals surface area (Å²) in [5.74, 6) is 3.44. The summed E-state index contributed by atoms with van der Waals surface area (Å²) >= 11 is 0. The van der Waals surface area contributed by atoms with Crippen molar-refractivity contribution >= 4 is 5.97 Å². The minimum atomic E-state index is -0.700. The summed E-state index contributed by atoms with van der Waals surface area (Å²) in [5, 5.41) is 10.7. The molecule has 7 rings (SSSR count). The molecule has 2 fully saturated rings. The third-order valence-corrected chi connectivity index (χ3v) is 10.5. The summed E-state index contributed by atoms with van der Waals surface area (Å²) in [6, 6.07) is 26.4. The highest BCUT2D eigenvalue weighted by molar-refractivity contribution is 5.89. The Kier molecular flexibility index (Phi) is 13.8. The molecule has 0 amide bonds. The molecule has 5 aromatic rings. The fraction of sp³-hybridized carbons (Fsp3) is 0.383. The van der Waals surface area contributed by atoms with E-state index in [0.717, 1.165) is 33.9 Å². The number of aryl methyl sites for hydroxylation is 4. The molecule has 306 valence electrons. The highest BCUT2D eigenvalue weighted by Crippen LogP contribution is 2.37. The van der Waals surface area contributed by atoms with E-state index < -0.39 is 18.2 Å². The topological polar surface area (TPSA) is 127 Å². The van der Waals surface area contributed by atoms with E-state index in [2.05, 4.69) is 0 Å². The summed E-state index contributed by atoms with van der Waals surface area (Å²) in [6.07, 6.45) is 3.51. The zero-order chi connectivity index (χ0) is 41.3.